The van der Waals surface area contributed by atoms with E-state index in [0.717, 1.165) is 4.31 Å². The lowest BCUT2D eigenvalue weighted by atomic mass is 10.1. The number of carbonyl (C=O) groups excluding carboxylic acids is 2. The standard InChI is InChI=1S/C27H30ClN3O6S/c1-19(27(33)29-2)30(17-20-9-5-6-10-23(20)28)26(32)18-31(24-11-7-8-12-25(24)37-4)38(34,35)22-15-13-21(36-3)14-16-22/h5-16,19H,17-18H2,1-4H3,(H,29,33)/t19-/m0/s1. The summed E-state index contributed by atoms with van der Waals surface area (Å²) in [6.45, 7) is 0.967. The highest BCUT2D eigenvalue weighted by atomic mass is 35.5. The Labute approximate surface area is 228 Å². The number of likely N-dealkylation sites (N-methyl/N-ethyl adjacent to an activating group) is 1. The van der Waals surface area contributed by atoms with Crippen LogP contribution in [0.25, 0.3) is 0 Å². The van der Waals surface area contributed by atoms with Gasteiger partial charge in [0.15, 0.2) is 0 Å². The van der Waals surface area contributed by atoms with Gasteiger partial charge in [-0.1, -0.05) is 41.9 Å². The number of nitrogens with one attached hydrogen (secondary N) is 1. The van der Waals surface area contributed by atoms with Gasteiger partial charge in [0.05, 0.1) is 24.8 Å². The van der Waals surface area contributed by atoms with Crippen molar-refractivity contribution in [2.75, 3.05) is 32.1 Å². The van der Waals surface area contributed by atoms with Crippen LogP contribution in [0.15, 0.2) is 77.7 Å². The van der Waals surface area contributed by atoms with Crippen LogP contribution in [0.2, 0.25) is 5.02 Å². The van der Waals surface area contributed by atoms with Crippen molar-refractivity contribution in [2.45, 2.75) is 24.4 Å². The molecule has 0 unspecified atom stereocenters. The molecule has 0 aliphatic heterocycles. The summed E-state index contributed by atoms with van der Waals surface area (Å²) in [6, 6.07) is 18.4. The fourth-order valence-corrected chi connectivity index (χ4v) is 5.45. The molecule has 2 amide bonds. The maximum atomic E-state index is 13.9. The average molecular weight is 560 g/mol. The molecule has 1 atom stereocenters. The first-order valence-electron chi connectivity index (χ1n) is 11.7. The van der Waals surface area contributed by atoms with Crippen molar-refractivity contribution in [1.82, 2.24) is 10.2 Å². The number of halogens is 1. The quantitative estimate of drug-likeness (QED) is 0.384. The van der Waals surface area contributed by atoms with Gasteiger partial charge >= 0.3 is 0 Å². The van der Waals surface area contributed by atoms with E-state index < -0.39 is 34.4 Å². The van der Waals surface area contributed by atoms with Gasteiger partial charge in [-0.15, -0.1) is 0 Å². The van der Waals surface area contributed by atoms with Gasteiger partial charge < -0.3 is 19.7 Å². The Morgan fingerprint density at radius 3 is 2.18 bits per heavy atom. The van der Waals surface area contributed by atoms with E-state index in [0.29, 0.717) is 16.3 Å². The van der Waals surface area contributed by atoms with Crippen LogP contribution >= 0.6 is 11.6 Å². The second-order valence-electron chi connectivity index (χ2n) is 8.26. The van der Waals surface area contributed by atoms with Crippen LogP contribution in [0.1, 0.15) is 12.5 Å². The molecule has 0 saturated carbocycles. The third kappa shape index (κ3) is 6.38. The number of methoxy groups -OCH3 is 2. The van der Waals surface area contributed by atoms with Gasteiger partial charge in [0.2, 0.25) is 11.8 Å². The van der Waals surface area contributed by atoms with Crippen molar-refractivity contribution in [3.63, 3.8) is 0 Å². The molecular formula is C27H30ClN3O6S. The summed E-state index contributed by atoms with van der Waals surface area (Å²) in [7, 11) is 0.105. The lowest BCUT2D eigenvalue weighted by molar-refractivity contribution is -0.139. The number of benzene rings is 3. The molecule has 0 heterocycles. The van der Waals surface area contributed by atoms with Gasteiger partial charge in [0.25, 0.3) is 10.0 Å². The normalized spacial score (nSPS) is 11.8. The van der Waals surface area contributed by atoms with Crippen molar-refractivity contribution in [1.29, 1.82) is 0 Å². The molecule has 0 fully saturated rings. The molecular weight excluding hydrogens is 530 g/mol. The molecule has 3 aromatic carbocycles. The van der Waals surface area contributed by atoms with Crippen LogP contribution in [0.3, 0.4) is 0 Å². The summed E-state index contributed by atoms with van der Waals surface area (Å²) >= 11 is 6.34. The first kappa shape index (κ1) is 28.8. The minimum atomic E-state index is -4.25. The van der Waals surface area contributed by atoms with E-state index in [1.807, 2.05) is 0 Å². The van der Waals surface area contributed by atoms with E-state index >= 15 is 0 Å². The van der Waals surface area contributed by atoms with Crippen LogP contribution in [-0.4, -0.2) is 59.0 Å². The third-order valence-electron chi connectivity index (χ3n) is 5.99. The zero-order valence-electron chi connectivity index (χ0n) is 21.5. The molecule has 1 N–H and O–H groups in total. The van der Waals surface area contributed by atoms with Crippen LogP contribution in [0, 0.1) is 0 Å². The summed E-state index contributed by atoms with van der Waals surface area (Å²) in [6.07, 6.45) is 0. The predicted molar refractivity (Wildman–Crippen MR) is 146 cm³/mol. The number of ether oxygens (including phenoxy) is 2. The molecule has 38 heavy (non-hydrogen) atoms. The van der Waals surface area contributed by atoms with Gasteiger partial charge in [0.1, 0.15) is 24.1 Å². The first-order valence-corrected chi connectivity index (χ1v) is 13.5. The molecule has 3 aromatic rings. The average Bonchev–Trinajstić information content (AvgIpc) is 2.94. The fourth-order valence-electron chi connectivity index (χ4n) is 3.83. The maximum Gasteiger partial charge on any atom is 0.264 e. The van der Waals surface area contributed by atoms with Crippen LogP contribution in [-0.2, 0) is 26.2 Å². The SMILES string of the molecule is CNC(=O)[C@H](C)N(Cc1ccccc1Cl)C(=O)CN(c1ccccc1OC)S(=O)(=O)c1ccc(OC)cc1. The number of hydrogen-bond acceptors (Lipinski definition) is 6. The Balaban J connectivity index is 2.08. The Hall–Kier alpha value is -3.76. The highest BCUT2D eigenvalue weighted by molar-refractivity contribution is 7.92. The smallest absolute Gasteiger partial charge is 0.264 e. The Morgan fingerprint density at radius 1 is 0.947 bits per heavy atom. The lowest BCUT2D eigenvalue weighted by Crippen LogP contribution is -2.50. The summed E-state index contributed by atoms with van der Waals surface area (Å²) in [4.78, 5) is 27.6. The maximum absolute atomic E-state index is 13.9. The third-order valence-corrected chi connectivity index (χ3v) is 8.14. The zero-order valence-corrected chi connectivity index (χ0v) is 23.1. The number of sulfonamides is 1. The highest BCUT2D eigenvalue weighted by Crippen LogP contribution is 2.33. The molecule has 0 aliphatic carbocycles. The molecule has 3 rings (SSSR count). The van der Waals surface area contributed by atoms with Crippen molar-refractivity contribution in [3.05, 3.63) is 83.4 Å². The minimum Gasteiger partial charge on any atom is -0.497 e. The molecule has 0 aromatic heterocycles. The molecule has 202 valence electrons. The Kier molecular flexibility index (Phi) is 9.60. The summed E-state index contributed by atoms with van der Waals surface area (Å²) in [5, 5.41) is 2.96. The molecule has 0 spiro atoms. The van der Waals surface area contributed by atoms with E-state index in [-0.39, 0.29) is 22.9 Å². The minimum absolute atomic E-state index is 0.00452. The zero-order chi connectivity index (χ0) is 27.9. The summed E-state index contributed by atoms with van der Waals surface area (Å²) < 4.78 is 39.3. The number of carbonyl (C=O) groups is 2. The summed E-state index contributed by atoms with van der Waals surface area (Å²) in [5.41, 5.74) is 0.782. The largest absolute Gasteiger partial charge is 0.497 e. The topological polar surface area (TPSA) is 105 Å². The van der Waals surface area contributed by atoms with Gasteiger partial charge in [0, 0.05) is 18.6 Å². The molecule has 9 nitrogen and oxygen atoms in total. The number of rotatable bonds is 11. The molecule has 0 radical (unpaired) electrons. The first-order chi connectivity index (χ1) is 18.1. The monoisotopic (exact) mass is 559 g/mol. The molecule has 0 saturated heterocycles. The Morgan fingerprint density at radius 2 is 1.58 bits per heavy atom. The molecule has 11 heteroatoms. The van der Waals surface area contributed by atoms with Crippen molar-refractivity contribution >= 4 is 39.1 Å². The molecule has 0 bridgehead atoms. The van der Waals surface area contributed by atoms with Crippen LogP contribution < -0.4 is 19.1 Å². The second-order valence-corrected chi connectivity index (χ2v) is 10.5. The summed E-state index contributed by atoms with van der Waals surface area (Å²) in [5.74, 6) is -0.278. The number of anilines is 1. The van der Waals surface area contributed by atoms with E-state index in [1.165, 1.54) is 50.4 Å². The van der Waals surface area contributed by atoms with Crippen molar-refractivity contribution in [3.8, 4) is 11.5 Å². The van der Waals surface area contributed by atoms with Gasteiger partial charge in [-0.05, 0) is 55.0 Å². The number of nitrogens with zero attached hydrogens (tertiary/aromatic N) is 2. The number of hydrogen-bond donors (Lipinski definition) is 1. The van der Waals surface area contributed by atoms with E-state index in [1.54, 1.807) is 55.5 Å². The van der Waals surface area contributed by atoms with E-state index in [2.05, 4.69) is 5.32 Å². The van der Waals surface area contributed by atoms with Gasteiger partial charge in [-0.2, -0.15) is 0 Å². The van der Waals surface area contributed by atoms with Crippen LogP contribution in [0.4, 0.5) is 5.69 Å². The Bertz CT molecular complexity index is 1380. The van der Waals surface area contributed by atoms with E-state index in [4.69, 9.17) is 21.1 Å². The van der Waals surface area contributed by atoms with Crippen molar-refractivity contribution < 1.29 is 27.5 Å². The lowest BCUT2D eigenvalue weighted by Gasteiger charge is -2.32. The van der Waals surface area contributed by atoms with Crippen LogP contribution in [0.5, 0.6) is 11.5 Å². The van der Waals surface area contributed by atoms with E-state index in [9.17, 15) is 18.0 Å². The highest BCUT2D eigenvalue weighted by Gasteiger charge is 2.33. The number of amides is 2. The van der Waals surface area contributed by atoms with Crippen molar-refractivity contribution in [2.24, 2.45) is 0 Å². The predicted octanol–water partition coefficient (Wildman–Crippen LogP) is 3.72. The number of para-hydroxylation sites is 2. The fraction of sp³-hybridized carbons (Fsp3) is 0.259. The van der Waals surface area contributed by atoms with Gasteiger partial charge in [-0.25, -0.2) is 8.42 Å². The second kappa shape index (κ2) is 12.7. The molecule has 0 aliphatic rings. The van der Waals surface area contributed by atoms with Gasteiger partial charge in [-0.3, -0.25) is 13.9 Å².